The van der Waals surface area contributed by atoms with Crippen LogP contribution in [-0.4, -0.2) is 39.6 Å². The molecule has 0 radical (unpaired) electrons. The van der Waals surface area contributed by atoms with Gasteiger partial charge in [0.15, 0.2) is 0 Å². The van der Waals surface area contributed by atoms with Gasteiger partial charge in [-0.1, -0.05) is 43.7 Å². The fourth-order valence-electron chi connectivity index (χ4n) is 5.98. The Morgan fingerprint density at radius 3 is 2.53 bits per heavy atom. The molecule has 0 N–H and O–H groups in total. The van der Waals surface area contributed by atoms with Gasteiger partial charge in [-0.05, 0) is 101 Å². The van der Waals surface area contributed by atoms with Crippen LogP contribution in [0, 0.1) is 19.8 Å². The quantitative estimate of drug-likeness (QED) is 0.437. The Kier molecular flexibility index (Phi) is 8.20. The van der Waals surface area contributed by atoms with Crippen molar-refractivity contribution in [3.8, 4) is 0 Å². The molecule has 5 rings (SSSR count). The summed E-state index contributed by atoms with van der Waals surface area (Å²) in [6, 6.07) is 11.7. The number of fused-ring (bicyclic) bond motifs is 2. The van der Waals surface area contributed by atoms with E-state index in [0.29, 0.717) is 17.8 Å². The molecule has 0 bridgehead atoms. The van der Waals surface area contributed by atoms with Gasteiger partial charge in [0.2, 0.25) is 0 Å². The summed E-state index contributed by atoms with van der Waals surface area (Å²) in [5, 5.41) is 0. The van der Waals surface area contributed by atoms with Gasteiger partial charge in [-0.2, -0.15) is 0 Å². The van der Waals surface area contributed by atoms with Gasteiger partial charge in [0.1, 0.15) is 0 Å². The fourth-order valence-corrected chi connectivity index (χ4v) is 5.98. The molecule has 1 aliphatic heterocycles. The molecule has 34 heavy (non-hydrogen) atoms. The van der Waals surface area contributed by atoms with E-state index in [1.807, 2.05) is 26.4 Å². The number of pyridine rings is 1. The Labute approximate surface area is 206 Å². The molecule has 1 aliphatic carbocycles. The summed E-state index contributed by atoms with van der Waals surface area (Å²) >= 11 is 0. The van der Waals surface area contributed by atoms with Gasteiger partial charge in [-0.3, -0.25) is 4.98 Å². The molecule has 3 aromatic rings. The molecular weight excluding hydrogens is 416 g/mol. The lowest BCUT2D eigenvalue weighted by Gasteiger charge is -2.35. The Morgan fingerprint density at radius 1 is 1.00 bits per heavy atom. The number of hydrogen-bond donors (Lipinski definition) is 0. The molecule has 3 heterocycles. The van der Waals surface area contributed by atoms with Crippen molar-refractivity contribution < 1.29 is 0 Å². The van der Waals surface area contributed by atoms with E-state index < -0.39 is 0 Å². The van der Waals surface area contributed by atoms with Gasteiger partial charge in [0.05, 0.1) is 17.7 Å². The molecule has 182 valence electrons. The lowest BCUT2D eigenvalue weighted by atomic mass is 9.76. The lowest BCUT2D eigenvalue weighted by molar-refractivity contribution is 0.206. The third-order valence-corrected chi connectivity index (χ3v) is 7.67. The van der Waals surface area contributed by atoms with Crippen LogP contribution in [0.2, 0.25) is 0 Å². The van der Waals surface area contributed by atoms with Crippen LogP contribution in [0.1, 0.15) is 85.0 Å². The predicted octanol–water partition coefficient (Wildman–Crippen LogP) is 6.51. The van der Waals surface area contributed by atoms with Gasteiger partial charge < -0.3 is 9.47 Å². The standard InChI is InChI=1S/C28H36N4.C2H6/c1-20-8-9-25-24(16-20)17-23(6-5-13-32-18-21(2)30-19-32)26-7-4-12-29-28(26)27(25)22-10-14-31(3)15-11-22;1-2/h4,7-9,12,16,18-19,22-23,27H,5-6,10-11,13-15,17H2,1-3H3;1-2H3. The molecule has 4 nitrogen and oxygen atoms in total. The predicted molar refractivity (Wildman–Crippen MR) is 141 cm³/mol. The molecule has 2 unspecified atom stereocenters. The van der Waals surface area contributed by atoms with E-state index in [1.165, 1.54) is 54.7 Å². The van der Waals surface area contributed by atoms with Crippen LogP contribution in [0.5, 0.6) is 0 Å². The van der Waals surface area contributed by atoms with Crippen molar-refractivity contribution in [2.75, 3.05) is 20.1 Å². The third kappa shape index (κ3) is 5.43. The van der Waals surface area contributed by atoms with Crippen molar-refractivity contribution >= 4 is 0 Å². The van der Waals surface area contributed by atoms with E-state index in [-0.39, 0.29) is 0 Å². The Hall–Kier alpha value is -2.46. The molecule has 2 aliphatic rings. The van der Waals surface area contributed by atoms with Crippen LogP contribution < -0.4 is 0 Å². The minimum atomic E-state index is 0.428. The normalized spacial score (nSPS) is 20.6. The number of aromatic nitrogens is 3. The number of hydrogen-bond acceptors (Lipinski definition) is 3. The number of aryl methyl sites for hydroxylation is 3. The second-order valence-electron chi connectivity index (χ2n) is 10.1. The first-order valence-electron chi connectivity index (χ1n) is 13.3. The van der Waals surface area contributed by atoms with E-state index in [0.717, 1.165) is 25.1 Å². The van der Waals surface area contributed by atoms with Crippen molar-refractivity contribution in [1.82, 2.24) is 19.4 Å². The molecule has 1 aromatic carbocycles. The molecule has 4 heteroatoms. The molecule has 2 atom stereocenters. The lowest BCUT2D eigenvalue weighted by Crippen LogP contribution is -2.33. The van der Waals surface area contributed by atoms with Crippen LogP contribution in [-0.2, 0) is 13.0 Å². The zero-order chi connectivity index (χ0) is 24.1. The highest BCUT2D eigenvalue weighted by Gasteiger charge is 2.35. The van der Waals surface area contributed by atoms with E-state index in [4.69, 9.17) is 4.98 Å². The second kappa shape index (κ2) is 11.3. The summed E-state index contributed by atoms with van der Waals surface area (Å²) < 4.78 is 2.23. The van der Waals surface area contributed by atoms with Crippen LogP contribution in [0.25, 0.3) is 0 Å². The maximum absolute atomic E-state index is 5.07. The molecule has 0 amide bonds. The van der Waals surface area contributed by atoms with Crippen molar-refractivity contribution in [2.24, 2.45) is 5.92 Å². The molecule has 1 saturated heterocycles. The number of rotatable bonds is 5. The molecular formula is C30H42N4. The van der Waals surface area contributed by atoms with Crippen molar-refractivity contribution in [2.45, 2.75) is 78.2 Å². The highest BCUT2D eigenvalue weighted by Crippen LogP contribution is 2.45. The summed E-state index contributed by atoms with van der Waals surface area (Å²) in [6.45, 7) is 11.7. The summed E-state index contributed by atoms with van der Waals surface area (Å²) in [7, 11) is 2.25. The minimum Gasteiger partial charge on any atom is -0.337 e. The van der Waals surface area contributed by atoms with Gasteiger partial charge in [0, 0.05) is 24.9 Å². The van der Waals surface area contributed by atoms with Crippen LogP contribution in [0.15, 0.2) is 49.1 Å². The zero-order valence-electron chi connectivity index (χ0n) is 21.8. The van der Waals surface area contributed by atoms with Crippen molar-refractivity contribution in [3.05, 3.63) is 82.7 Å². The largest absolute Gasteiger partial charge is 0.337 e. The van der Waals surface area contributed by atoms with Crippen LogP contribution in [0.4, 0.5) is 0 Å². The third-order valence-electron chi connectivity index (χ3n) is 7.67. The van der Waals surface area contributed by atoms with Crippen LogP contribution >= 0.6 is 0 Å². The van der Waals surface area contributed by atoms with Gasteiger partial charge in [-0.15, -0.1) is 0 Å². The Balaban J connectivity index is 0.00000133. The first kappa shape index (κ1) is 24.7. The number of imidazole rings is 1. The van der Waals surface area contributed by atoms with Gasteiger partial charge in [-0.25, -0.2) is 4.98 Å². The number of piperidine rings is 1. The first-order chi connectivity index (χ1) is 16.6. The summed E-state index contributed by atoms with van der Waals surface area (Å²) in [5.74, 6) is 1.63. The summed E-state index contributed by atoms with van der Waals surface area (Å²) in [6.07, 6.45) is 12.1. The van der Waals surface area contributed by atoms with Gasteiger partial charge in [0.25, 0.3) is 0 Å². The second-order valence-corrected chi connectivity index (χ2v) is 10.1. The SMILES string of the molecule is CC.Cc1ccc2c(c1)CC(CCCn1cnc(C)c1)c1cccnc1C2C1CCN(C)CC1. The zero-order valence-corrected chi connectivity index (χ0v) is 21.8. The maximum atomic E-state index is 5.07. The highest BCUT2D eigenvalue weighted by molar-refractivity contribution is 5.46. The summed E-state index contributed by atoms with van der Waals surface area (Å²) in [5.41, 5.74) is 8.41. The fraction of sp³-hybridized carbons (Fsp3) is 0.533. The average Bonchev–Trinajstić information content (AvgIpc) is 3.21. The van der Waals surface area contributed by atoms with Gasteiger partial charge >= 0.3 is 0 Å². The van der Waals surface area contributed by atoms with E-state index in [1.54, 1.807) is 5.56 Å². The monoisotopic (exact) mass is 458 g/mol. The van der Waals surface area contributed by atoms with Crippen molar-refractivity contribution in [3.63, 3.8) is 0 Å². The highest BCUT2D eigenvalue weighted by atomic mass is 15.1. The summed E-state index contributed by atoms with van der Waals surface area (Å²) in [4.78, 5) is 11.9. The topological polar surface area (TPSA) is 34.0 Å². The van der Waals surface area contributed by atoms with E-state index >= 15 is 0 Å². The number of likely N-dealkylation sites (tertiary alicyclic amines) is 1. The van der Waals surface area contributed by atoms with Crippen molar-refractivity contribution in [1.29, 1.82) is 0 Å². The van der Waals surface area contributed by atoms with E-state index in [9.17, 15) is 0 Å². The molecule has 1 fully saturated rings. The van der Waals surface area contributed by atoms with E-state index in [2.05, 4.69) is 71.9 Å². The Morgan fingerprint density at radius 2 is 1.79 bits per heavy atom. The Bertz CT molecular complexity index is 1060. The average molecular weight is 459 g/mol. The maximum Gasteiger partial charge on any atom is 0.0949 e. The molecule has 2 aromatic heterocycles. The number of benzene rings is 1. The first-order valence-corrected chi connectivity index (χ1v) is 13.3. The van der Waals surface area contributed by atoms with Crippen LogP contribution in [0.3, 0.4) is 0 Å². The minimum absolute atomic E-state index is 0.428. The molecule has 0 spiro atoms. The smallest absolute Gasteiger partial charge is 0.0949 e. The molecule has 0 saturated carbocycles. The number of nitrogens with zero attached hydrogens (tertiary/aromatic N) is 4.